The molecule has 0 bridgehead atoms. The van der Waals surface area contributed by atoms with Crippen LogP contribution in [-0.4, -0.2) is 29.0 Å². The molecule has 1 amide bonds. The predicted octanol–water partition coefficient (Wildman–Crippen LogP) is 1.53. The van der Waals surface area contributed by atoms with Gasteiger partial charge in [-0.2, -0.15) is 4.57 Å². The maximum Gasteiger partial charge on any atom is 0.285 e. The van der Waals surface area contributed by atoms with Crippen molar-refractivity contribution in [3.05, 3.63) is 47.2 Å². The lowest BCUT2D eigenvalue weighted by Gasteiger charge is -2.12. The number of pyridine rings is 1. The molecule has 0 aliphatic heterocycles. The van der Waals surface area contributed by atoms with E-state index >= 15 is 0 Å². The Bertz CT molecular complexity index is 844. The van der Waals surface area contributed by atoms with Crippen LogP contribution in [0.15, 0.2) is 35.6 Å². The minimum atomic E-state index is -0.123. The summed E-state index contributed by atoms with van der Waals surface area (Å²) in [5.41, 5.74) is 4.51. The predicted molar refractivity (Wildman–Crippen MR) is 89.2 cm³/mol. The molecule has 1 heterocycles. The molecule has 0 atom stereocenters. The molecule has 2 aromatic rings. The Morgan fingerprint density at radius 2 is 2.17 bits per heavy atom. The summed E-state index contributed by atoms with van der Waals surface area (Å²) >= 11 is 0. The topological polar surface area (TPSA) is 85.8 Å². The van der Waals surface area contributed by atoms with Gasteiger partial charge in [0, 0.05) is 24.7 Å². The van der Waals surface area contributed by atoms with Crippen molar-refractivity contribution in [3.8, 4) is 17.0 Å². The summed E-state index contributed by atoms with van der Waals surface area (Å²) in [5.74, 6) is -0.0276. The number of aryl methyl sites for hydroxylation is 1. The Hall–Kier alpha value is -2.89. The number of phenolic OH excluding ortho intramolecular Hbond substituents is 1. The number of rotatable bonds is 3. The quantitative estimate of drug-likeness (QED) is 0.454. The maximum atomic E-state index is 11.8. The second-order valence-electron chi connectivity index (χ2n) is 5.88. The molecule has 3 N–H and O–H groups in total. The Morgan fingerprint density at radius 1 is 1.38 bits per heavy atom. The third kappa shape index (κ3) is 2.60. The number of aromatic nitrogens is 1. The maximum absolute atomic E-state index is 11.8. The molecule has 0 radical (unpaired) electrons. The number of carbonyl (C=O) groups excluding carboxylic acids is 1. The van der Waals surface area contributed by atoms with Crippen LogP contribution in [0, 0.1) is 6.92 Å². The molecule has 1 aromatic carbocycles. The van der Waals surface area contributed by atoms with E-state index in [1.54, 1.807) is 17.8 Å². The first-order valence-electron chi connectivity index (χ1n) is 7.83. The number of fused-ring (bicyclic) bond motifs is 1. The van der Waals surface area contributed by atoms with E-state index in [9.17, 15) is 15.1 Å². The van der Waals surface area contributed by atoms with Crippen LogP contribution in [0.4, 0.5) is 0 Å². The fourth-order valence-corrected chi connectivity index (χ4v) is 3.24. The van der Waals surface area contributed by atoms with Gasteiger partial charge in [0.05, 0.1) is 11.3 Å². The fraction of sp³-hybridized carbons (Fsp3) is 0.278. The van der Waals surface area contributed by atoms with Crippen LogP contribution in [0.3, 0.4) is 0 Å². The molecule has 3 rings (SSSR count). The van der Waals surface area contributed by atoms with Crippen LogP contribution < -0.4 is 9.88 Å². The fourth-order valence-electron chi connectivity index (χ4n) is 3.24. The SMILES string of the molecule is CNC(=O)C[n+]1ccccc1-c1cc(C)c2c(c1O)C(=NO)CC2. The highest BCUT2D eigenvalue weighted by molar-refractivity contribution is 6.08. The van der Waals surface area contributed by atoms with Crippen LogP contribution in [0.2, 0.25) is 0 Å². The van der Waals surface area contributed by atoms with E-state index in [1.165, 1.54) is 0 Å². The van der Waals surface area contributed by atoms with Crippen molar-refractivity contribution in [3.63, 3.8) is 0 Å². The van der Waals surface area contributed by atoms with E-state index in [0.29, 0.717) is 23.3 Å². The Labute approximate surface area is 140 Å². The van der Waals surface area contributed by atoms with E-state index in [2.05, 4.69) is 10.5 Å². The van der Waals surface area contributed by atoms with Gasteiger partial charge in [-0.25, -0.2) is 0 Å². The number of benzene rings is 1. The molecule has 1 aliphatic rings. The Kier molecular flexibility index (Phi) is 4.20. The second kappa shape index (κ2) is 6.31. The van der Waals surface area contributed by atoms with Crippen LogP contribution in [0.25, 0.3) is 11.3 Å². The summed E-state index contributed by atoms with van der Waals surface area (Å²) < 4.78 is 1.78. The average molecular weight is 326 g/mol. The highest BCUT2D eigenvalue weighted by Crippen LogP contribution is 2.39. The van der Waals surface area contributed by atoms with E-state index in [1.807, 2.05) is 31.2 Å². The molecule has 1 aromatic heterocycles. The highest BCUT2D eigenvalue weighted by atomic mass is 16.4. The van der Waals surface area contributed by atoms with Crippen LogP contribution in [0.1, 0.15) is 23.1 Å². The first-order chi connectivity index (χ1) is 11.6. The third-order valence-electron chi connectivity index (χ3n) is 4.46. The number of likely N-dealkylation sites (N-methyl/N-ethyl adjacent to an activating group) is 1. The number of amides is 1. The average Bonchev–Trinajstić information content (AvgIpc) is 3.03. The van der Waals surface area contributed by atoms with Crippen LogP contribution in [0.5, 0.6) is 5.75 Å². The molecule has 6 heteroatoms. The molecule has 1 aliphatic carbocycles. The third-order valence-corrected chi connectivity index (χ3v) is 4.46. The van der Waals surface area contributed by atoms with Crippen molar-refractivity contribution in [2.45, 2.75) is 26.3 Å². The molecule has 124 valence electrons. The molecule has 0 fully saturated rings. The zero-order valence-electron chi connectivity index (χ0n) is 13.7. The van der Waals surface area contributed by atoms with Gasteiger partial charge in [-0.15, -0.1) is 0 Å². The van der Waals surface area contributed by atoms with Crippen molar-refractivity contribution >= 4 is 11.6 Å². The van der Waals surface area contributed by atoms with Crippen molar-refractivity contribution in [1.82, 2.24) is 5.32 Å². The van der Waals surface area contributed by atoms with Crippen molar-refractivity contribution in [2.24, 2.45) is 5.16 Å². The zero-order chi connectivity index (χ0) is 17.3. The van der Waals surface area contributed by atoms with E-state index in [-0.39, 0.29) is 18.2 Å². The lowest BCUT2D eigenvalue weighted by Crippen LogP contribution is -2.43. The lowest BCUT2D eigenvalue weighted by molar-refractivity contribution is -0.673. The molecular formula is C18H20N3O3+. The van der Waals surface area contributed by atoms with E-state index in [4.69, 9.17) is 0 Å². The van der Waals surface area contributed by atoms with Gasteiger partial charge in [-0.05, 0) is 43.0 Å². The number of nitrogens with one attached hydrogen (secondary N) is 1. The minimum absolute atomic E-state index is 0.0951. The number of nitrogens with zero attached hydrogens (tertiary/aromatic N) is 2. The summed E-state index contributed by atoms with van der Waals surface area (Å²) in [6.45, 7) is 2.14. The van der Waals surface area contributed by atoms with Crippen LogP contribution >= 0.6 is 0 Å². The van der Waals surface area contributed by atoms with Gasteiger partial charge in [-0.3, -0.25) is 4.79 Å². The first kappa shape index (κ1) is 16.0. The van der Waals surface area contributed by atoms with Gasteiger partial charge in [0.1, 0.15) is 5.75 Å². The highest BCUT2D eigenvalue weighted by Gasteiger charge is 2.29. The number of aromatic hydroxyl groups is 1. The lowest BCUT2D eigenvalue weighted by atomic mass is 9.96. The van der Waals surface area contributed by atoms with Crippen molar-refractivity contribution in [2.75, 3.05) is 7.05 Å². The number of hydrogen-bond donors (Lipinski definition) is 3. The van der Waals surface area contributed by atoms with Gasteiger partial charge in [0.25, 0.3) is 5.91 Å². The van der Waals surface area contributed by atoms with Gasteiger partial charge in [-0.1, -0.05) is 5.16 Å². The van der Waals surface area contributed by atoms with E-state index in [0.717, 1.165) is 23.2 Å². The summed E-state index contributed by atoms with van der Waals surface area (Å²) in [4.78, 5) is 11.8. The second-order valence-corrected chi connectivity index (χ2v) is 5.88. The molecular weight excluding hydrogens is 306 g/mol. The van der Waals surface area contributed by atoms with Crippen molar-refractivity contribution < 1.29 is 19.7 Å². The molecule has 6 nitrogen and oxygen atoms in total. The van der Waals surface area contributed by atoms with Gasteiger partial charge < -0.3 is 15.6 Å². The van der Waals surface area contributed by atoms with Gasteiger partial charge in [0.15, 0.2) is 6.20 Å². The molecule has 24 heavy (non-hydrogen) atoms. The van der Waals surface area contributed by atoms with Gasteiger partial charge in [0.2, 0.25) is 12.2 Å². The van der Waals surface area contributed by atoms with E-state index < -0.39 is 0 Å². The normalized spacial score (nSPS) is 14.7. The standard InChI is InChI=1S/C18H19N3O3/c1-11-9-13(18(23)17-12(11)6-7-14(17)20-24)15-5-3-4-8-21(15)10-16(22)19-2/h3-5,8-9H,6-7,10H2,1-2H3,(H2,19,22,24)/p+1. The summed E-state index contributed by atoms with van der Waals surface area (Å²) in [6.07, 6.45) is 3.16. The van der Waals surface area contributed by atoms with Crippen LogP contribution in [-0.2, 0) is 17.8 Å². The molecule has 0 saturated heterocycles. The monoisotopic (exact) mass is 326 g/mol. The number of hydrogen-bond acceptors (Lipinski definition) is 4. The minimum Gasteiger partial charge on any atom is -0.506 e. The largest absolute Gasteiger partial charge is 0.506 e. The zero-order valence-corrected chi connectivity index (χ0v) is 13.7. The van der Waals surface area contributed by atoms with Crippen molar-refractivity contribution in [1.29, 1.82) is 0 Å². The number of carbonyl (C=O) groups is 1. The number of phenols is 1. The smallest absolute Gasteiger partial charge is 0.285 e. The molecule has 0 saturated carbocycles. The first-order valence-corrected chi connectivity index (χ1v) is 7.83. The Balaban J connectivity index is 2.19. The van der Waals surface area contributed by atoms with Gasteiger partial charge >= 0.3 is 0 Å². The Morgan fingerprint density at radius 3 is 2.88 bits per heavy atom. The summed E-state index contributed by atoms with van der Waals surface area (Å²) in [6, 6.07) is 7.47. The molecule has 0 spiro atoms. The number of oxime groups is 1. The summed E-state index contributed by atoms with van der Waals surface area (Å²) in [5, 5.41) is 25.9. The summed E-state index contributed by atoms with van der Waals surface area (Å²) in [7, 11) is 1.59. The molecule has 0 unspecified atom stereocenters.